The Labute approximate surface area is 490 Å². The molecule has 0 saturated carbocycles. The maximum atomic E-state index is 2.41. The van der Waals surface area contributed by atoms with Gasteiger partial charge in [0, 0.05) is 11.8 Å². The van der Waals surface area contributed by atoms with Crippen LogP contribution in [0.3, 0.4) is 0 Å². The molecule has 0 amide bonds. The van der Waals surface area contributed by atoms with Crippen molar-refractivity contribution in [2.24, 2.45) is 11.8 Å². The first kappa shape index (κ1) is 49.2. The van der Waals surface area contributed by atoms with Crippen molar-refractivity contribution in [1.29, 1.82) is 0 Å². The summed E-state index contributed by atoms with van der Waals surface area (Å²) >= 11 is 0. The Morgan fingerprint density at radius 2 is 0.500 bits per heavy atom. The van der Waals surface area contributed by atoms with E-state index in [2.05, 4.69) is 328 Å². The summed E-state index contributed by atoms with van der Waals surface area (Å²) in [6.45, 7) is 0. The molecule has 14 aromatic carbocycles. The summed E-state index contributed by atoms with van der Waals surface area (Å²) in [6.07, 6.45) is 9.29. The Morgan fingerprint density at radius 3 is 0.940 bits per heavy atom. The minimum absolute atomic E-state index is 0.214. The van der Waals surface area contributed by atoms with Gasteiger partial charge in [-0.2, -0.15) is 0 Å². The van der Waals surface area contributed by atoms with Gasteiger partial charge in [0.25, 0.3) is 0 Å². The molecule has 0 bridgehead atoms. The largest absolute Gasteiger partial charge is 0.0760 e. The topological polar surface area (TPSA) is 0 Å². The standard InChI is InChI=1S/C84H56/c1-2-16-55(17-3-1)57-32-43-63(44-33-57)81-77-26-12-14-28-79(77)84(80-29-15-13-27-78(80)81)66-49-41-62(42-50-66)70-53-52-69(71-20-6-7-21-72(70)71)61-39-30-58(31-40-61)59-34-45-64(46-35-59)82-73-22-8-10-24-75(73)83(76-25-11-9-23-74(76)82)65-47-36-60(37-48-65)68-51-38-56-18-4-5-19-67(56)54-68/h1-54,73,75H. The highest BCUT2D eigenvalue weighted by Crippen LogP contribution is 2.46. The summed E-state index contributed by atoms with van der Waals surface area (Å²) in [6, 6.07) is 112. The molecule has 2 aliphatic carbocycles. The first-order valence-corrected chi connectivity index (χ1v) is 29.4. The lowest BCUT2D eigenvalue weighted by atomic mass is 9.70. The number of hydrogen-bond acceptors (Lipinski definition) is 0. The summed E-state index contributed by atoms with van der Waals surface area (Å²) in [4.78, 5) is 0. The van der Waals surface area contributed by atoms with Gasteiger partial charge in [0.15, 0.2) is 0 Å². The van der Waals surface area contributed by atoms with Crippen LogP contribution in [-0.4, -0.2) is 0 Å². The molecular formula is C84H56. The third-order valence-corrected chi connectivity index (χ3v) is 17.9. The SMILES string of the molecule is C1=CC2C(c3ccc(-c4ccc(-c5ccc(-c6ccc(-c7c8ccccc8c(-c8ccc(-c9ccccc9)cc8)c8ccccc78)cc6)c6ccccc56)cc4)cc3)=c3ccccc3=C(c3ccc(-c4ccc5ccccc5c4)cc3)C2C=C1. The molecule has 0 fully saturated rings. The predicted molar refractivity (Wildman–Crippen MR) is 357 cm³/mol. The average Bonchev–Trinajstić information content (AvgIpc) is 1.26. The van der Waals surface area contributed by atoms with Crippen LogP contribution in [0.1, 0.15) is 11.1 Å². The second kappa shape index (κ2) is 20.7. The van der Waals surface area contributed by atoms with Crippen LogP contribution >= 0.6 is 0 Å². The number of hydrogen-bond donors (Lipinski definition) is 0. The van der Waals surface area contributed by atoms with Gasteiger partial charge in [0.05, 0.1) is 0 Å². The summed E-state index contributed by atoms with van der Waals surface area (Å²) < 4.78 is 0. The van der Waals surface area contributed by atoms with E-state index in [1.165, 1.54) is 154 Å². The van der Waals surface area contributed by atoms with Crippen molar-refractivity contribution >= 4 is 54.2 Å². The Bertz CT molecular complexity index is 5000. The van der Waals surface area contributed by atoms with Gasteiger partial charge in [-0.3, -0.25) is 0 Å². The number of allylic oxidation sites excluding steroid dienone is 4. The zero-order valence-corrected chi connectivity index (χ0v) is 46.3. The van der Waals surface area contributed by atoms with Crippen molar-refractivity contribution in [3.8, 4) is 77.9 Å². The number of fused-ring (bicyclic) bond motifs is 6. The van der Waals surface area contributed by atoms with Gasteiger partial charge in [-0.15, -0.1) is 0 Å². The van der Waals surface area contributed by atoms with Gasteiger partial charge in [-0.05, 0) is 160 Å². The summed E-state index contributed by atoms with van der Waals surface area (Å²) in [5, 5.41) is 12.7. The first-order chi connectivity index (χ1) is 41.7. The zero-order chi connectivity index (χ0) is 55.5. The molecule has 0 heterocycles. The zero-order valence-electron chi connectivity index (χ0n) is 46.3. The van der Waals surface area contributed by atoms with Crippen LogP contribution in [0.5, 0.6) is 0 Å². The average molecular weight is 1070 g/mol. The Morgan fingerprint density at radius 1 is 0.190 bits per heavy atom. The fraction of sp³-hybridized carbons (Fsp3) is 0.0238. The molecule has 0 saturated heterocycles. The van der Waals surface area contributed by atoms with Crippen LogP contribution in [-0.2, 0) is 0 Å². The smallest absolute Gasteiger partial charge is 0.0137 e. The van der Waals surface area contributed by atoms with Crippen LogP contribution in [0.2, 0.25) is 0 Å². The van der Waals surface area contributed by atoms with E-state index in [0.717, 1.165) is 0 Å². The highest BCUT2D eigenvalue weighted by Gasteiger charge is 2.32. The normalized spacial score (nSPS) is 14.5. The lowest BCUT2D eigenvalue weighted by Crippen LogP contribution is -2.40. The highest BCUT2D eigenvalue weighted by atomic mass is 14.3. The summed E-state index contributed by atoms with van der Waals surface area (Å²) in [5.41, 5.74) is 22.5. The maximum absolute atomic E-state index is 2.41. The van der Waals surface area contributed by atoms with Gasteiger partial charge in [0.1, 0.15) is 0 Å². The Kier molecular flexibility index (Phi) is 12.1. The summed E-state index contributed by atoms with van der Waals surface area (Å²) in [5.74, 6) is 0.434. The predicted octanol–water partition coefficient (Wildman–Crippen LogP) is 20.7. The molecular weight excluding hydrogens is 1010 g/mol. The second-order valence-electron chi connectivity index (χ2n) is 22.6. The minimum Gasteiger partial charge on any atom is -0.0760 e. The van der Waals surface area contributed by atoms with Gasteiger partial charge in [-0.1, -0.05) is 322 Å². The molecule has 0 spiro atoms. The molecule has 2 atom stereocenters. The van der Waals surface area contributed by atoms with Crippen molar-refractivity contribution in [2.75, 3.05) is 0 Å². The minimum atomic E-state index is 0.214. The van der Waals surface area contributed by atoms with Crippen molar-refractivity contribution in [3.05, 3.63) is 349 Å². The van der Waals surface area contributed by atoms with E-state index in [4.69, 9.17) is 0 Å². The molecule has 0 radical (unpaired) electrons. The fourth-order valence-electron chi connectivity index (χ4n) is 13.9. The third kappa shape index (κ3) is 8.54. The Balaban J connectivity index is 0.690. The van der Waals surface area contributed by atoms with Crippen molar-refractivity contribution in [2.45, 2.75) is 0 Å². The van der Waals surface area contributed by atoms with E-state index in [9.17, 15) is 0 Å². The molecule has 2 aliphatic rings. The van der Waals surface area contributed by atoms with Gasteiger partial charge in [0.2, 0.25) is 0 Å². The Hall–Kier alpha value is -10.7. The maximum Gasteiger partial charge on any atom is 0.0137 e. The number of rotatable bonds is 9. The van der Waals surface area contributed by atoms with Gasteiger partial charge < -0.3 is 0 Å². The summed E-state index contributed by atoms with van der Waals surface area (Å²) in [7, 11) is 0. The van der Waals surface area contributed by atoms with Crippen LogP contribution in [0.25, 0.3) is 132 Å². The molecule has 0 aliphatic heterocycles. The number of benzene rings is 14. The first-order valence-electron chi connectivity index (χ1n) is 29.4. The van der Waals surface area contributed by atoms with E-state index in [-0.39, 0.29) is 11.8 Å². The quantitative estimate of drug-likeness (QED) is 0.126. The van der Waals surface area contributed by atoms with Crippen LogP contribution < -0.4 is 10.4 Å². The highest BCUT2D eigenvalue weighted by molar-refractivity contribution is 6.21. The molecule has 0 nitrogen and oxygen atoms in total. The molecule has 84 heavy (non-hydrogen) atoms. The molecule has 16 rings (SSSR count). The van der Waals surface area contributed by atoms with Crippen LogP contribution in [0.4, 0.5) is 0 Å². The van der Waals surface area contributed by atoms with Crippen LogP contribution in [0, 0.1) is 11.8 Å². The molecule has 0 heteroatoms. The lowest BCUT2D eigenvalue weighted by Gasteiger charge is -2.33. The van der Waals surface area contributed by atoms with E-state index in [1.54, 1.807) is 0 Å². The monoisotopic (exact) mass is 1060 g/mol. The van der Waals surface area contributed by atoms with Crippen molar-refractivity contribution < 1.29 is 0 Å². The fourth-order valence-corrected chi connectivity index (χ4v) is 13.9. The van der Waals surface area contributed by atoms with E-state index >= 15 is 0 Å². The van der Waals surface area contributed by atoms with E-state index in [0.29, 0.717) is 0 Å². The molecule has 0 N–H and O–H groups in total. The van der Waals surface area contributed by atoms with E-state index in [1.807, 2.05) is 0 Å². The molecule has 14 aromatic rings. The lowest BCUT2D eigenvalue weighted by molar-refractivity contribution is 0.686. The van der Waals surface area contributed by atoms with Crippen molar-refractivity contribution in [3.63, 3.8) is 0 Å². The molecule has 392 valence electrons. The molecule has 2 unspecified atom stereocenters. The third-order valence-electron chi connectivity index (χ3n) is 17.9. The second-order valence-corrected chi connectivity index (χ2v) is 22.6. The van der Waals surface area contributed by atoms with Gasteiger partial charge in [-0.25, -0.2) is 0 Å². The van der Waals surface area contributed by atoms with Crippen molar-refractivity contribution in [1.82, 2.24) is 0 Å². The van der Waals surface area contributed by atoms with E-state index < -0.39 is 0 Å². The van der Waals surface area contributed by atoms with Gasteiger partial charge >= 0.3 is 0 Å². The molecule has 0 aromatic heterocycles. The van der Waals surface area contributed by atoms with Crippen LogP contribution in [0.15, 0.2) is 328 Å².